The Hall–Kier alpha value is -0.0425. The standard InChI is InChI=1S/C16H38O5Si4/c1-14(2)16(17)18-15(3)13-25(19-22(4,5)6,20-23(7,8)9)21-24(10,11)12/h15H,1,13H2,2-12H3. The smallest absolute Gasteiger partial charge is 0.459 e. The van der Waals surface area contributed by atoms with Crippen molar-refractivity contribution in [3.05, 3.63) is 12.2 Å². The Morgan fingerprint density at radius 3 is 1.40 bits per heavy atom. The van der Waals surface area contributed by atoms with Crippen molar-refractivity contribution >= 4 is 39.7 Å². The second-order valence-electron chi connectivity index (χ2n) is 9.53. The fraction of sp³-hybridized carbons (Fsp3) is 0.812. The number of ether oxygens (including phenoxy) is 1. The molecule has 1 unspecified atom stereocenters. The van der Waals surface area contributed by atoms with Gasteiger partial charge in [0.25, 0.3) is 0 Å². The van der Waals surface area contributed by atoms with Crippen LogP contribution in [0.3, 0.4) is 0 Å². The van der Waals surface area contributed by atoms with E-state index in [2.05, 4.69) is 65.5 Å². The molecule has 0 bridgehead atoms. The molecule has 0 aromatic heterocycles. The van der Waals surface area contributed by atoms with E-state index in [1.165, 1.54) is 0 Å². The third kappa shape index (κ3) is 12.1. The van der Waals surface area contributed by atoms with E-state index in [-0.39, 0.29) is 12.1 Å². The topological polar surface area (TPSA) is 54.0 Å². The van der Waals surface area contributed by atoms with Crippen molar-refractivity contribution in [2.45, 2.75) is 84.9 Å². The molecule has 0 aromatic carbocycles. The Labute approximate surface area is 158 Å². The second kappa shape index (κ2) is 8.76. The predicted molar refractivity (Wildman–Crippen MR) is 114 cm³/mol. The van der Waals surface area contributed by atoms with Crippen LogP contribution in [0.5, 0.6) is 0 Å². The first-order valence-corrected chi connectivity index (χ1v) is 21.0. The van der Waals surface area contributed by atoms with Gasteiger partial charge in [0.05, 0.1) is 6.04 Å². The molecule has 0 aromatic rings. The van der Waals surface area contributed by atoms with Crippen LogP contribution < -0.4 is 0 Å². The molecule has 0 fully saturated rings. The third-order valence-corrected chi connectivity index (χ3v) is 14.7. The predicted octanol–water partition coefficient (Wildman–Crippen LogP) is 4.99. The molecular weight excluding hydrogens is 385 g/mol. The molecule has 0 heterocycles. The molecule has 9 heteroatoms. The highest BCUT2D eigenvalue weighted by atomic mass is 28.5. The summed E-state index contributed by atoms with van der Waals surface area (Å²) in [6.45, 7) is 26.4. The van der Waals surface area contributed by atoms with E-state index in [0.29, 0.717) is 11.6 Å². The summed E-state index contributed by atoms with van der Waals surface area (Å²) in [6.07, 6.45) is -0.347. The molecule has 0 aliphatic carbocycles. The zero-order valence-electron chi connectivity index (χ0n) is 18.0. The first-order valence-electron chi connectivity index (χ1n) is 8.81. The number of carbonyl (C=O) groups excluding carboxylic acids is 1. The molecule has 25 heavy (non-hydrogen) atoms. The van der Waals surface area contributed by atoms with Crippen LogP contribution in [0, 0.1) is 0 Å². The van der Waals surface area contributed by atoms with Crippen molar-refractivity contribution in [2.24, 2.45) is 0 Å². The minimum absolute atomic E-state index is 0.347. The van der Waals surface area contributed by atoms with E-state index in [0.717, 1.165) is 0 Å². The Morgan fingerprint density at radius 1 is 0.840 bits per heavy atom. The van der Waals surface area contributed by atoms with Crippen molar-refractivity contribution in [3.8, 4) is 0 Å². The molecule has 0 saturated heterocycles. The molecule has 5 nitrogen and oxygen atoms in total. The SMILES string of the molecule is C=C(C)C(=O)OC(C)C[Si](O[Si](C)(C)C)(O[Si](C)(C)C)O[Si](C)(C)C. The van der Waals surface area contributed by atoms with E-state index >= 15 is 0 Å². The van der Waals surface area contributed by atoms with Crippen molar-refractivity contribution in [3.63, 3.8) is 0 Å². The zero-order valence-corrected chi connectivity index (χ0v) is 22.0. The lowest BCUT2D eigenvalue weighted by atomic mass is 10.3. The van der Waals surface area contributed by atoms with Crippen LogP contribution in [-0.4, -0.2) is 45.8 Å². The lowest BCUT2D eigenvalue weighted by molar-refractivity contribution is -0.142. The molecule has 0 spiro atoms. The summed E-state index contributed by atoms with van der Waals surface area (Å²) in [5, 5.41) is 0. The van der Waals surface area contributed by atoms with Gasteiger partial charge in [-0.3, -0.25) is 0 Å². The maximum absolute atomic E-state index is 11.9. The number of esters is 1. The van der Waals surface area contributed by atoms with Gasteiger partial charge >= 0.3 is 14.8 Å². The van der Waals surface area contributed by atoms with E-state index in [9.17, 15) is 4.79 Å². The van der Waals surface area contributed by atoms with Gasteiger partial charge in [-0.05, 0) is 72.8 Å². The van der Waals surface area contributed by atoms with Gasteiger partial charge in [0.15, 0.2) is 25.0 Å². The number of rotatable bonds is 10. The van der Waals surface area contributed by atoms with Gasteiger partial charge < -0.3 is 17.1 Å². The Morgan fingerprint density at radius 2 is 1.16 bits per heavy atom. The van der Waals surface area contributed by atoms with Gasteiger partial charge in [-0.15, -0.1) is 0 Å². The van der Waals surface area contributed by atoms with Gasteiger partial charge in [0.1, 0.15) is 6.10 Å². The van der Waals surface area contributed by atoms with Crippen LogP contribution in [0.2, 0.25) is 65.0 Å². The lowest BCUT2D eigenvalue weighted by Crippen LogP contribution is -2.61. The summed E-state index contributed by atoms with van der Waals surface area (Å²) < 4.78 is 25.3. The van der Waals surface area contributed by atoms with Crippen molar-refractivity contribution < 1.29 is 21.9 Å². The summed E-state index contributed by atoms with van der Waals surface area (Å²) in [5.74, 6) is -0.385. The van der Waals surface area contributed by atoms with Gasteiger partial charge in [0, 0.05) is 5.57 Å². The van der Waals surface area contributed by atoms with Gasteiger partial charge in [-0.2, -0.15) is 0 Å². The Balaban J connectivity index is 5.71. The highest BCUT2D eigenvalue weighted by Gasteiger charge is 2.51. The maximum Gasteiger partial charge on any atom is 0.473 e. The summed E-state index contributed by atoms with van der Waals surface area (Å²) in [6, 6.07) is 0.477. The molecule has 0 radical (unpaired) electrons. The number of hydrogen-bond donors (Lipinski definition) is 0. The summed E-state index contributed by atoms with van der Waals surface area (Å²) in [5.41, 5.74) is 0.391. The monoisotopic (exact) mass is 422 g/mol. The fourth-order valence-corrected chi connectivity index (χ4v) is 16.9. The van der Waals surface area contributed by atoms with Crippen molar-refractivity contribution in [2.75, 3.05) is 0 Å². The highest BCUT2D eigenvalue weighted by Crippen LogP contribution is 2.30. The highest BCUT2D eigenvalue weighted by molar-refractivity contribution is 6.90. The maximum atomic E-state index is 11.9. The zero-order chi connectivity index (χ0) is 20.3. The molecule has 1 atom stereocenters. The molecule has 0 aliphatic heterocycles. The molecule has 0 amide bonds. The minimum atomic E-state index is -2.99. The van der Waals surface area contributed by atoms with E-state index in [1.54, 1.807) is 6.92 Å². The lowest BCUT2D eigenvalue weighted by Gasteiger charge is -2.43. The molecule has 0 aliphatic rings. The molecule has 148 valence electrons. The second-order valence-corrected chi connectivity index (χ2v) is 26.4. The van der Waals surface area contributed by atoms with E-state index < -0.39 is 33.8 Å². The van der Waals surface area contributed by atoms with Crippen LogP contribution in [-0.2, 0) is 21.9 Å². The van der Waals surface area contributed by atoms with Gasteiger partial charge in [0.2, 0.25) is 0 Å². The first kappa shape index (κ1) is 25.0. The van der Waals surface area contributed by atoms with Crippen LogP contribution in [0.4, 0.5) is 0 Å². The Kier molecular flexibility index (Phi) is 8.75. The summed E-state index contributed by atoms with van der Waals surface area (Å²) >= 11 is 0. The van der Waals surface area contributed by atoms with Crippen molar-refractivity contribution in [1.29, 1.82) is 0 Å². The van der Waals surface area contributed by atoms with Gasteiger partial charge in [-0.25, -0.2) is 4.79 Å². The fourth-order valence-electron chi connectivity index (χ4n) is 2.26. The van der Waals surface area contributed by atoms with Crippen LogP contribution >= 0.6 is 0 Å². The number of carbonyl (C=O) groups is 1. The van der Waals surface area contributed by atoms with E-state index in [4.69, 9.17) is 17.1 Å². The minimum Gasteiger partial charge on any atom is -0.459 e. The van der Waals surface area contributed by atoms with Crippen molar-refractivity contribution in [1.82, 2.24) is 0 Å². The molecule has 0 rings (SSSR count). The molecule has 0 N–H and O–H groups in total. The Bertz CT molecular complexity index is 434. The van der Waals surface area contributed by atoms with Crippen LogP contribution in [0.15, 0.2) is 12.2 Å². The normalized spacial score (nSPS) is 15.0. The van der Waals surface area contributed by atoms with Crippen LogP contribution in [0.25, 0.3) is 0 Å². The van der Waals surface area contributed by atoms with Gasteiger partial charge in [-0.1, -0.05) is 6.58 Å². The molecular formula is C16H38O5Si4. The number of hydrogen-bond acceptors (Lipinski definition) is 5. The average Bonchev–Trinajstić information content (AvgIpc) is 2.18. The summed E-state index contributed by atoms with van der Waals surface area (Å²) in [4.78, 5) is 11.9. The largest absolute Gasteiger partial charge is 0.473 e. The van der Waals surface area contributed by atoms with E-state index in [1.807, 2.05) is 6.92 Å². The quantitative estimate of drug-likeness (QED) is 0.282. The van der Waals surface area contributed by atoms with Crippen LogP contribution in [0.1, 0.15) is 13.8 Å². The average molecular weight is 423 g/mol. The first-order chi connectivity index (χ1) is 10.8. The molecule has 0 saturated carbocycles. The summed E-state index contributed by atoms with van der Waals surface area (Å²) in [7, 11) is -8.76. The third-order valence-electron chi connectivity index (χ3n) is 2.58.